The molecule has 0 amide bonds. The Morgan fingerprint density at radius 2 is 1.70 bits per heavy atom. The van der Waals surface area contributed by atoms with Gasteiger partial charge in [0.2, 0.25) is 0 Å². The summed E-state index contributed by atoms with van der Waals surface area (Å²) in [6.07, 6.45) is 1.70. The molecule has 2 aromatic carbocycles. The molecule has 0 aliphatic rings. The average Bonchev–Trinajstić information content (AvgIpc) is 2.55. The van der Waals surface area contributed by atoms with Crippen LogP contribution in [-0.2, 0) is 6.61 Å². The maximum absolute atomic E-state index is 9.89. The Balaban J connectivity index is 2.19. The van der Waals surface area contributed by atoms with Crippen molar-refractivity contribution < 1.29 is 5.11 Å². The molecule has 0 aliphatic carbocycles. The van der Waals surface area contributed by atoms with Crippen molar-refractivity contribution in [3.8, 4) is 22.4 Å². The molecule has 0 fully saturated rings. The third kappa shape index (κ3) is 3.17. The Labute approximate surface area is 144 Å². The number of aliphatic hydroxyl groups is 1. The van der Waals surface area contributed by atoms with Gasteiger partial charge in [-0.2, -0.15) is 0 Å². The molecule has 0 atom stereocenters. The number of halogens is 2. The first-order valence-electron chi connectivity index (χ1n) is 7.00. The van der Waals surface area contributed by atoms with Gasteiger partial charge in [-0.25, -0.2) is 0 Å². The first-order valence-corrected chi connectivity index (χ1v) is 7.76. The first-order chi connectivity index (χ1) is 11.1. The summed E-state index contributed by atoms with van der Waals surface area (Å²) in [7, 11) is 0. The van der Waals surface area contributed by atoms with Gasteiger partial charge < -0.3 is 10.8 Å². The molecule has 0 saturated carbocycles. The van der Waals surface area contributed by atoms with Crippen molar-refractivity contribution in [1.29, 1.82) is 0 Å². The standard InChI is InChI=1S/C18H14Cl2N2O/c19-12-3-1-11(2-4-12)18-16(10-23)14(7-8-22-18)15-6-5-13(21)9-17(15)20/h1-9,23H,10,21H2. The van der Waals surface area contributed by atoms with E-state index in [2.05, 4.69) is 4.98 Å². The fourth-order valence-electron chi connectivity index (χ4n) is 2.51. The Bertz CT molecular complexity index is 848. The van der Waals surface area contributed by atoms with Crippen molar-refractivity contribution in [3.63, 3.8) is 0 Å². The molecule has 0 spiro atoms. The van der Waals surface area contributed by atoms with Crippen LogP contribution < -0.4 is 5.73 Å². The highest BCUT2D eigenvalue weighted by Gasteiger charge is 2.14. The lowest BCUT2D eigenvalue weighted by molar-refractivity contribution is 0.282. The summed E-state index contributed by atoms with van der Waals surface area (Å²) in [4.78, 5) is 4.41. The van der Waals surface area contributed by atoms with Crippen molar-refractivity contribution in [1.82, 2.24) is 4.98 Å². The number of pyridine rings is 1. The summed E-state index contributed by atoms with van der Waals surface area (Å²) in [5.74, 6) is 0. The minimum atomic E-state index is -0.151. The molecule has 3 N–H and O–H groups in total. The van der Waals surface area contributed by atoms with E-state index < -0.39 is 0 Å². The lowest BCUT2D eigenvalue weighted by atomic mass is 9.96. The highest BCUT2D eigenvalue weighted by Crippen LogP contribution is 2.35. The van der Waals surface area contributed by atoms with E-state index in [0.29, 0.717) is 27.0 Å². The third-order valence-corrected chi connectivity index (χ3v) is 4.18. The number of rotatable bonds is 3. The summed E-state index contributed by atoms with van der Waals surface area (Å²) in [6.45, 7) is -0.151. The minimum Gasteiger partial charge on any atom is -0.399 e. The van der Waals surface area contributed by atoms with Gasteiger partial charge in [-0.15, -0.1) is 0 Å². The van der Waals surface area contributed by atoms with Crippen LogP contribution >= 0.6 is 23.2 Å². The lowest BCUT2D eigenvalue weighted by Gasteiger charge is -2.14. The Morgan fingerprint density at radius 3 is 2.35 bits per heavy atom. The van der Waals surface area contributed by atoms with Gasteiger partial charge in [-0.3, -0.25) is 4.98 Å². The van der Waals surface area contributed by atoms with Gasteiger partial charge >= 0.3 is 0 Å². The fourth-order valence-corrected chi connectivity index (χ4v) is 2.93. The normalized spacial score (nSPS) is 10.7. The van der Waals surface area contributed by atoms with E-state index in [1.54, 1.807) is 30.5 Å². The quantitative estimate of drug-likeness (QED) is 0.671. The number of aliphatic hydroxyl groups excluding tert-OH is 1. The Morgan fingerprint density at radius 1 is 0.957 bits per heavy atom. The van der Waals surface area contributed by atoms with E-state index in [1.165, 1.54) is 0 Å². The van der Waals surface area contributed by atoms with Crippen LogP contribution in [-0.4, -0.2) is 10.1 Å². The SMILES string of the molecule is Nc1ccc(-c2ccnc(-c3ccc(Cl)cc3)c2CO)c(Cl)c1. The number of nitrogen functional groups attached to an aromatic ring is 1. The molecule has 0 unspecified atom stereocenters. The highest BCUT2D eigenvalue weighted by atomic mass is 35.5. The second-order valence-electron chi connectivity index (χ2n) is 5.09. The third-order valence-electron chi connectivity index (χ3n) is 3.61. The van der Waals surface area contributed by atoms with E-state index in [4.69, 9.17) is 28.9 Å². The zero-order chi connectivity index (χ0) is 16.4. The van der Waals surface area contributed by atoms with Gasteiger partial charge in [-0.05, 0) is 35.9 Å². The number of anilines is 1. The predicted molar refractivity (Wildman–Crippen MR) is 95.5 cm³/mol. The molecule has 3 aromatic rings. The molecular weight excluding hydrogens is 331 g/mol. The lowest BCUT2D eigenvalue weighted by Crippen LogP contribution is -1.98. The fraction of sp³-hybridized carbons (Fsp3) is 0.0556. The van der Waals surface area contributed by atoms with Crippen molar-refractivity contribution in [3.05, 3.63) is 70.3 Å². The van der Waals surface area contributed by atoms with Crippen molar-refractivity contribution in [2.75, 3.05) is 5.73 Å². The maximum Gasteiger partial charge on any atom is 0.0763 e. The molecule has 1 aromatic heterocycles. The van der Waals surface area contributed by atoms with Crippen LogP contribution in [0.3, 0.4) is 0 Å². The number of nitrogens with two attached hydrogens (primary N) is 1. The summed E-state index contributed by atoms with van der Waals surface area (Å²) >= 11 is 12.2. The van der Waals surface area contributed by atoms with E-state index >= 15 is 0 Å². The zero-order valence-electron chi connectivity index (χ0n) is 12.1. The number of aromatic nitrogens is 1. The predicted octanol–water partition coefficient (Wildman–Crippen LogP) is 4.80. The monoisotopic (exact) mass is 344 g/mol. The van der Waals surface area contributed by atoms with Gasteiger partial charge in [0.15, 0.2) is 0 Å². The van der Waals surface area contributed by atoms with E-state index in [1.807, 2.05) is 24.3 Å². The number of benzene rings is 2. The molecule has 0 bridgehead atoms. The molecule has 0 radical (unpaired) electrons. The van der Waals surface area contributed by atoms with Gasteiger partial charge in [-0.1, -0.05) is 41.4 Å². The number of nitrogens with zero attached hydrogens (tertiary/aromatic N) is 1. The van der Waals surface area contributed by atoms with Crippen LogP contribution in [0.15, 0.2) is 54.7 Å². The summed E-state index contributed by atoms with van der Waals surface area (Å²) in [5.41, 5.74) is 10.3. The van der Waals surface area contributed by atoms with E-state index in [0.717, 1.165) is 16.7 Å². The maximum atomic E-state index is 9.89. The van der Waals surface area contributed by atoms with Crippen molar-refractivity contribution >= 4 is 28.9 Å². The van der Waals surface area contributed by atoms with Crippen LogP contribution in [0.2, 0.25) is 10.0 Å². The summed E-state index contributed by atoms with van der Waals surface area (Å²) in [6, 6.07) is 14.5. The Hall–Kier alpha value is -2.07. The molecule has 0 saturated heterocycles. The van der Waals surface area contributed by atoms with Gasteiger partial charge in [0.05, 0.1) is 17.3 Å². The van der Waals surface area contributed by atoms with Crippen LogP contribution in [0.1, 0.15) is 5.56 Å². The number of hydrogen-bond acceptors (Lipinski definition) is 3. The molecule has 116 valence electrons. The summed E-state index contributed by atoms with van der Waals surface area (Å²) < 4.78 is 0. The largest absolute Gasteiger partial charge is 0.399 e. The summed E-state index contributed by atoms with van der Waals surface area (Å²) in [5, 5.41) is 11.1. The number of hydrogen-bond donors (Lipinski definition) is 2. The second-order valence-corrected chi connectivity index (χ2v) is 5.93. The highest BCUT2D eigenvalue weighted by molar-refractivity contribution is 6.33. The Kier molecular flexibility index (Phi) is 4.53. The molecule has 1 heterocycles. The molecule has 3 nitrogen and oxygen atoms in total. The molecule has 0 aliphatic heterocycles. The average molecular weight is 345 g/mol. The van der Waals surface area contributed by atoms with Crippen LogP contribution in [0.25, 0.3) is 22.4 Å². The van der Waals surface area contributed by atoms with Crippen molar-refractivity contribution in [2.24, 2.45) is 0 Å². The molecule has 23 heavy (non-hydrogen) atoms. The topological polar surface area (TPSA) is 59.1 Å². The van der Waals surface area contributed by atoms with Crippen LogP contribution in [0, 0.1) is 0 Å². The molecule has 5 heteroatoms. The smallest absolute Gasteiger partial charge is 0.0763 e. The van der Waals surface area contributed by atoms with Crippen molar-refractivity contribution in [2.45, 2.75) is 6.61 Å². The molecular formula is C18H14Cl2N2O. The van der Waals surface area contributed by atoms with E-state index in [-0.39, 0.29) is 6.61 Å². The second kappa shape index (κ2) is 6.59. The van der Waals surface area contributed by atoms with Gasteiger partial charge in [0.25, 0.3) is 0 Å². The van der Waals surface area contributed by atoms with Gasteiger partial charge in [0, 0.05) is 33.6 Å². The zero-order valence-corrected chi connectivity index (χ0v) is 13.6. The minimum absolute atomic E-state index is 0.151. The van der Waals surface area contributed by atoms with E-state index in [9.17, 15) is 5.11 Å². The van der Waals surface area contributed by atoms with Gasteiger partial charge in [0.1, 0.15) is 0 Å². The first kappa shape index (κ1) is 15.8. The molecule has 3 rings (SSSR count). The van der Waals surface area contributed by atoms with Crippen LogP contribution in [0.4, 0.5) is 5.69 Å². The van der Waals surface area contributed by atoms with Crippen LogP contribution in [0.5, 0.6) is 0 Å².